The summed E-state index contributed by atoms with van der Waals surface area (Å²) in [6.07, 6.45) is 6.48. The number of terminal acetylenes is 1. The lowest BCUT2D eigenvalue weighted by molar-refractivity contribution is 0.263. The zero-order valence-electron chi connectivity index (χ0n) is 10.6. The van der Waals surface area contributed by atoms with Crippen molar-refractivity contribution in [1.82, 2.24) is 9.80 Å². The summed E-state index contributed by atoms with van der Waals surface area (Å²) >= 11 is 0. The summed E-state index contributed by atoms with van der Waals surface area (Å²) in [5.74, 6) is 2.53. The highest BCUT2D eigenvalue weighted by Crippen LogP contribution is 2.09. The van der Waals surface area contributed by atoms with Crippen molar-refractivity contribution < 1.29 is 4.39 Å². The number of halogens is 1. The zero-order valence-corrected chi connectivity index (χ0v) is 10.6. The molecule has 3 heteroatoms. The van der Waals surface area contributed by atoms with Crippen LogP contribution in [0.25, 0.3) is 0 Å². The molecule has 0 aliphatic carbocycles. The SMILES string of the molecule is C#CCN1CCCN(Cc2ccc(F)cc2)CC1. The van der Waals surface area contributed by atoms with Crippen LogP contribution >= 0.6 is 0 Å². The summed E-state index contributed by atoms with van der Waals surface area (Å²) in [5.41, 5.74) is 1.17. The second kappa shape index (κ2) is 6.53. The maximum absolute atomic E-state index is 12.8. The van der Waals surface area contributed by atoms with Gasteiger partial charge in [-0.3, -0.25) is 9.80 Å². The molecular weight excluding hydrogens is 227 g/mol. The lowest BCUT2D eigenvalue weighted by Gasteiger charge is -2.20. The largest absolute Gasteiger partial charge is 0.298 e. The number of hydrogen-bond donors (Lipinski definition) is 0. The van der Waals surface area contributed by atoms with Crippen LogP contribution in [0.1, 0.15) is 12.0 Å². The van der Waals surface area contributed by atoms with Crippen LogP contribution in [-0.4, -0.2) is 42.5 Å². The molecule has 0 amide bonds. The monoisotopic (exact) mass is 246 g/mol. The maximum atomic E-state index is 12.8. The molecule has 2 nitrogen and oxygen atoms in total. The van der Waals surface area contributed by atoms with Gasteiger partial charge in [-0.15, -0.1) is 6.42 Å². The van der Waals surface area contributed by atoms with Gasteiger partial charge in [-0.25, -0.2) is 4.39 Å². The van der Waals surface area contributed by atoms with E-state index < -0.39 is 0 Å². The molecule has 1 heterocycles. The van der Waals surface area contributed by atoms with Gasteiger partial charge in [-0.2, -0.15) is 0 Å². The van der Waals surface area contributed by atoms with E-state index in [1.807, 2.05) is 12.1 Å². The Labute approximate surface area is 108 Å². The topological polar surface area (TPSA) is 6.48 Å². The van der Waals surface area contributed by atoms with Gasteiger partial charge >= 0.3 is 0 Å². The minimum atomic E-state index is -0.171. The predicted molar refractivity (Wildman–Crippen MR) is 71.6 cm³/mol. The third-order valence-electron chi connectivity index (χ3n) is 3.32. The molecule has 1 fully saturated rings. The van der Waals surface area contributed by atoms with Gasteiger partial charge < -0.3 is 0 Å². The van der Waals surface area contributed by atoms with E-state index in [1.54, 1.807) is 0 Å². The summed E-state index contributed by atoms with van der Waals surface area (Å²) in [7, 11) is 0. The molecule has 0 saturated carbocycles. The molecule has 2 rings (SSSR count). The average molecular weight is 246 g/mol. The van der Waals surface area contributed by atoms with Crippen molar-refractivity contribution in [3.05, 3.63) is 35.6 Å². The van der Waals surface area contributed by atoms with Crippen LogP contribution in [0.3, 0.4) is 0 Å². The molecule has 1 aliphatic heterocycles. The molecule has 0 N–H and O–H groups in total. The molecular formula is C15H19FN2. The molecule has 18 heavy (non-hydrogen) atoms. The molecule has 0 unspecified atom stereocenters. The van der Waals surface area contributed by atoms with E-state index >= 15 is 0 Å². The molecule has 1 saturated heterocycles. The molecule has 0 spiro atoms. The Kier molecular flexibility index (Phi) is 4.74. The van der Waals surface area contributed by atoms with E-state index in [9.17, 15) is 4.39 Å². The van der Waals surface area contributed by atoms with Crippen LogP contribution in [-0.2, 0) is 6.54 Å². The molecule has 96 valence electrons. The van der Waals surface area contributed by atoms with Gasteiger partial charge in [0, 0.05) is 26.2 Å². The van der Waals surface area contributed by atoms with Gasteiger partial charge in [0.25, 0.3) is 0 Å². The van der Waals surface area contributed by atoms with Crippen LogP contribution in [0.15, 0.2) is 24.3 Å². The normalized spacial score (nSPS) is 18.2. The van der Waals surface area contributed by atoms with Gasteiger partial charge in [-0.1, -0.05) is 18.1 Å². The number of benzene rings is 1. The van der Waals surface area contributed by atoms with E-state index in [0.717, 1.165) is 45.7 Å². The molecule has 1 aliphatic rings. The summed E-state index contributed by atoms with van der Waals surface area (Å²) in [4.78, 5) is 4.72. The quantitative estimate of drug-likeness (QED) is 0.752. The van der Waals surface area contributed by atoms with Crippen molar-refractivity contribution in [2.45, 2.75) is 13.0 Å². The van der Waals surface area contributed by atoms with Crippen LogP contribution in [0.4, 0.5) is 4.39 Å². The van der Waals surface area contributed by atoms with E-state index in [1.165, 1.54) is 17.7 Å². The average Bonchev–Trinajstić information content (AvgIpc) is 2.59. The van der Waals surface area contributed by atoms with Crippen LogP contribution < -0.4 is 0 Å². The first-order valence-electron chi connectivity index (χ1n) is 6.40. The first kappa shape index (κ1) is 13.1. The molecule has 0 bridgehead atoms. The van der Waals surface area contributed by atoms with Gasteiger partial charge in [-0.05, 0) is 30.7 Å². The van der Waals surface area contributed by atoms with Crippen LogP contribution in [0.5, 0.6) is 0 Å². The number of rotatable bonds is 3. The van der Waals surface area contributed by atoms with Crippen molar-refractivity contribution in [3.63, 3.8) is 0 Å². The third-order valence-corrected chi connectivity index (χ3v) is 3.32. The molecule has 1 aromatic rings. The van der Waals surface area contributed by atoms with Crippen molar-refractivity contribution in [2.24, 2.45) is 0 Å². The van der Waals surface area contributed by atoms with Crippen molar-refractivity contribution in [2.75, 3.05) is 32.7 Å². The predicted octanol–water partition coefficient (Wildman–Crippen LogP) is 1.97. The minimum absolute atomic E-state index is 0.171. The summed E-state index contributed by atoms with van der Waals surface area (Å²) in [6.45, 7) is 5.83. The van der Waals surface area contributed by atoms with Crippen LogP contribution in [0, 0.1) is 18.2 Å². The Hall–Kier alpha value is -1.37. The third kappa shape index (κ3) is 3.83. The minimum Gasteiger partial charge on any atom is -0.298 e. The Morgan fingerprint density at radius 2 is 1.72 bits per heavy atom. The standard InChI is InChI=1S/C15H19FN2/c1-2-8-17-9-3-10-18(12-11-17)13-14-4-6-15(16)7-5-14/h1,4-7H,3,8-13H2. The number of hydrogen-bond acceptors (Lipinski definition) is 2. The Bertz CT molecular complexity index is 407. The Balaban J connectivity index is 1.87. The van der Waals surface area contributed by atoms with Gasteiger partial charge in [0.1, 0.15) is 5.82 Å². The first-order chi connectivity index (χ1) is 8.78. The highest BCUT2D eigenvalue weighted by Gasteiger charge is 2.13. The van der Waals surface area contributed by atoms with Gasteiger partial charge in [0.2, 0.25) is 0 Å². The fourth-order valence-electron chi connectivity index (χ4n) is 2.32. The molecule has 0 atom stereocenters. The highest BCUT2D eigenvalue weighted by atomic mass is 19.1. The fourth-order valence-corrected chi connectivity index (χ4v) is 2.32. The smallest absolute Gasteiger partial charge is 0.123 e. The summed E-state index contributed by atoms with van der Waals surface area (Å²) in [5, 5.41) is 0. The highest BCUT2D eigenvalue weighted by molar-refractivity contribution is 5.15. The molecule has 1 aromatic carbocycles. The van der Waals surface area contributed by atoms with E-state index in [4.69, 9.17) is 6.42 Å². The molecule has 0 aromatic heterocycles. The first-order valence-corrected chi connectivity index (χ1v) is 6.40. The second-order valence-corrected chi connectivity index (χ2v) is 4.74. The van der Waals surface area contributed by atoms with Gasteiger partial charge in [0.15, 0.2) is 0 Å². The van der Waals surface area contributed by atoms with E-state index in [-0.39, 0.29) is 5.82 Å². The van der Waals surface area contributed by atoms with Crippen molar-refractivity contribution >= 4 is 0 Å². The van der Waals surface area contributed by atoms with E-state index in [0.29, 0.717) is 0 Å². The Morgan fingerprint density at radius 3 is 2.44 bits per heavy atom. The second-order valence-electron chi connectivity index (χ2n) is 4.74. The fraction of sp³-hybridized carbons (Fsp3) is 0.467. The van der Waals surface area contributed by atoms with Gasteiger partial charge in [0.05, 0.1) is 6.54 Å². The summed E-state index contributed by atoms with van der Waals surface area (Å²) in [6, 6.07) is 6.77. The van der Waals surface area contributed by atoms with Crippen LogP contribution in [0.2, 0.25) is 0 Å². The van der Waals surface area contributed by atoms with Crippen molar-refractivity contribution in [1.29, 1.82) is 0 Å². The zero-order chi connectivity index (χ0) is 12.8. The lowest BCUT2D eigenvalue weighted by Crippen LogP contribution is -2.30. The molecule has 0 radical (unpaired) electrons. The lowest BCUT2D eigenvalue weighted by atomic mass is 10.2. The maximum Gasteiger partial charge on any atom is 0.123 e. The summed E-state index contributed by atoms with van der Waals surface area (Å²) < 4.78 is 12.8. The van der Waals surface area contributed by atoms with E-state index in [2.05, 4.69) is 15.7 Å². The Morgan fingerprint density at radius 1 is 1.06 bits per heavy atom. The van der Waals surface area contributed by atoms with Crippen molar-refractivity contribution in [3.8, 4) is 12.3 Å². The number of nitrogens with zero attached hydrogens (tertiary/aromatic N) is 2.